The van der Waals surface area contributed by atoms with E-state index in [1.807, 2.05) is 23.1 Å². The largest absolute Gasteiger partial charge is 0.477 e. The molecule has 1 N–H and O–H groups in total. The molecule has 3 rings (SSSR count). The van der Waals surface area contributed by atoms with Crippen LogP contribution < -0.4 is 4.90 Å². The Morgan fingerprint density at radius 1 is 1.35 bits per heavy atom. The van der Waals surface area contributed by atoms with Gasteiger partial charge in [-0.15, -0.1) is 0 Å². The lowest BCUT2D eigenvalue weighted by atomic mass is 10.1. The Labute approximate surface area is 116 Å². The first-order chi connectivity index (χ1) is 9.56. The average molecular weight is 269 g/mol. The third kappa shape index (κ3) is 2.01. The fourth-order valence-electron chi connectivity index (χ4n) is 2.64. The van der Waals surface area contributed by atoms with Crippen molar-refractivity contribution in [3.05, 3.63) is 47.3 Å². The third-order valence-electron chi connectivity index (χ3n) is 3.48. The molecule has 0 aliphatic carbocycles. The molecule has 1 aliphatic heterocycles. The maximum Gasteiger partial charge on any atom is 0.354 e. The molecule has 1 aromatic heterocycles. The van der Waals surface area contributed by atoms with Crippen LogP contribution in [0.25, 0.3) is 0 Å². The maximum absolute atomic E-state index is 11.1. The number of aryl methyl sites for hydroxylation is 1. The van der Waals surface area contributed by atoms with Crippen LogP contribution in [0.3, 0.4) is 0 Å². The summed E-state index contributed by atoms with van der Waals surface area (Å²) >= 11 is 0. The van der Waals surface area contributed by atoms with E-state index in [2.05, 4.69) is 23.0 Å². The molecule has 0 fully saturated rings. The van der Waals surface area contributed by atoms with Crippen LogP contribution in [0.5, 0.6) is 0 Å². The lowest BCUT2D eigenvalue weighted by Crippen LogP contribution is -2.26. The molecule has 20 heavy (non-hydrogen) atoms. The summed E-state index contributed by atoms with van der Waals surface area (Å²) in [5.41, 5.74) is 2.98. The van der Waals surface area contributed by atoms with E-state index in [0.717, 1.165) is 12.1 Å². The number of aromatic carboxylic acids is 1. The molecule has 2 aromatic rings. The molecule has 102 valence electrons. The number of carboxylic acids is 1. The molecule has 1 unspecified atom stereocenters. The van der Waals surface area contributed by atoms with Gasteiger partial charge in [-0.3, -0.25) is 0 Å². The molecule has 5 nitrogen and oxygen atoms in total. The zero-order valence-electron chi connectivity index (χ0n) is 11.4. The van der Waals surface area contributed by atoms with E-state index in [1.54, 1.807) is 6.92 Å². The number of nitrogens with zero attached hydrogens (tertiary/aromatic N) is 3. The van der Waals surface area contributed by atoms with Gasteiger partial charge in [-0.05, 0) is 38.0 Å². The van der Waals surface area contributed by atoms with Crippen molar-refractivity contribution < 1.29 is 9.90 Å². The lowest BCUT2D eigenvalue weighted by molar-refractivity contribution is 0.0690. The van der Waals surface area contributed by atoms with E-state index in [0.29, 0.717) is 11.6 Å². The van der Waals surface area contributed by atoms with E-state index >= 15 is 0 Å². The summed E-state index contributed by atoms with van der Waals surface area (Å²) in [4.78, 5) is 21.7. The Kier molecular flexibility index (Phi) is 2.89. The Hall–Kier alpha value is -2.43. The molecular weight excluding hydrogens is 254 g/mol. The topological polar surface area (TPSA) is 66.3 Å². The monoisotopic (exact) mass is 269 g/mol. The molecule has 2 heterocycles. The van der Waals surface area contributed by atoms with Crippen LogP contribution >= 0.6 is 0 Å². The first kappa shape index (κ1) is 12.6. The summed E-state index contributed by atoms with van der Waals surface area (Å²) in [7, 11) is 0. The number of carbonyl (C=O) groups is 1. The first-order valence-corrected chi connectivity index (χ1v) is 6.52. The molecule has 0 spiro atoms. The van der Waals surface area contributed by atoms with Gasteiger partial charge in [0, 0.05) is 17.4 Å². The number of rotatable bonds is 2. The highest BCUT2D eigenvalue weighted by Crippen LogP contribution is 2.36. The SMILES string of the molecule is Cc1cc(C(=O)O)nc(N2c3ccccc3CC2C)n1. The standard InChI is InChI=1S/C15H15N3O2/c1-9-7-12(14(19)20)17-15(16-9)18-10(2)8-11-5-3-4-6-13(11)18/h3-7,10H,8H2,1-2H3,(H,19,20). The van der Waals surface area contributed by atoms with Crippen LogP contribution in [-0.2, 0) is 6.42 Å². The van der Waals surface area contributed by atoms with E-state index in [4.69, 9.17) is 5.11 Å². The molecular formula is C15H15N3O2. The summed E-state index contributed by atoms with van der Waals surface area (Å²) in [5, 5.41) is 9.13. The van der Waals surface area contributed by atoms with Crippen molar-refractivity contribution in [2.45, 2.75) is 26.3 Å². The Balaban J connectivity index is 2.11. The fraction of sp³-hybridized carbons (Fsp3) is 0.267. The number of hydrogen-bond donors (Lipinski definition) is 1. The van der Waals surface area contributed by atoms with Crippen LogP contribution in [-0.4, -0.2) is 27.1 Å². The van der Waals surface area contributed by atoms with Crippen molar-refractivity contribution in [3.8, 4) is 0 Å². The number of hydrogen-bond acceptors (Lipinski definition) is 4. The zero-order chi connectivity index (χ0) is 14.3. The van der Waals surface area contributed by atoms with Gasteiger partial charge in [0.15, 0.2) is 5.69 Å². The number of fused-ring (bicyclic) bond motifs is 1. The number of benzene rings is 1. The van der Waals surface area contributed by atoms with Crippen molar-refractivity contribution in [2.75, 3.05) is 4.90 Å². The quantitative estimate of drug-likeness (QED) is 0.907. The second-order valence-corrected chi connectivity index (χ2v) is 5.05. The first-order valence-electron chi connectivity index (χ1n) is 6.52. The molecule has 5 heteroatoms. The molecule has 0 saturated heterocycles. The van der Waals surface area contributed by atoms with E-state index in [1.165, 1.54) is 11.6 Å². The van der Waals surface area contributed by atoms with Crippen LogP contribution in [0.2, 0.25) is 0 Å². The number of para-hydroxylation sites is 1. The molecule has 1 aromatic carbocycles. The van der Waals surface area contributed by atoms with Gasteiger partial charge in [0.2, 0.25) is 5.95 Å². The zero-order valence-corrected chi connectivity index (χ0v) is 11.4. The minimum Gasteiger partial charge on any atom is -0.477 e. The molecule has 0 radical (unpaired) electrons. The van der Waals surface area contributed by atoms with Crippen LogP contribution in [0.4, 0.5) is 11.6 Å². The average Bonchev–Trinajstić information content (AvgIpc) is 2.73. The number of aromatic nitrogens is 2. The molecule has 0 bridgehead atoms. The number of carboxylic acid groups (broad SMARTS) is 1. The molecule has 0 amide bonds. The highest BCUT2D eigenvalue weighted by Gasteiger charge is 2.29. The van der Waals surface area contributed by atoms with Gasteiger partial charge in [0.1, 0.15) is 0 Å². The van der Waals surface area contributed by atoms with Gasteiger partial charge in [-0.1, -0.05) is 18.2 Å². The predicted octanol–water partition coefficient (Wildman–Crippen LogP) is 2.57. The van der Waals surface area contributed by atoms with Gasteiger partial charge < -0.3 is 10.0 Å². The summed E-state index contributed by atoms with van der Waals surface area (Å²) in [5.74, 6) is -0.572. The van der Waals surface area contributed by atoms with Crippen LogP contribution in [0, 0.1) is 6.92 Å². The van der Waals surface area contributed by atoms with E-state index in [9.17, 15) is 4.79 Å². The van der Waals surface area contributed by atoms with Gasteiger partial charge >= 0.3 is 5.97 Å². The van der Waals surface area contributed by atoms with Crippen molar-refractivity contribution in [1.29, 1.82) is 0 Å². The van der Waals surface area contributed by atoms with Crippen molar-refractivity contribution in [3.63, 3.8) is 0 Å². The minimum atomic E-state index is -1.03. The Morgan fingerprint density at radius 2 is 2.10 bits per heavy atom. The Morgan fingerprint density at radius 3 is 2.85 bits per heavy atom. The lowest BCUT2D eigenvalue weighted by Gasteiger charge is -2.23. The second kappa shape index (κ2) is 4.59. The van der Waals surface area contributed by atoms with Crippen molar-refractivity contribution in [2.24, 2.45) is 0 Å². The molecule has 0 saturated carbocycles. The van der Waals surface area contributed by atoms with E-state index < -0.39 is 5.97 Å². The minimum absolute atomic E-state index is 0.0316. The normalized spacial score (nSPS) is 17.1. The highest BCUT2D eigenvalue weighted by molar-refractivity contribution is 5.86. The summed E-state index contributed by atoms with van der Waals surface area (Å²) in [6, 6.07) is 9.78. The summed E-state index contributed by atoms with van der Waals surface area (Å²) in [6.45, 7) is 3.87. The van der Waals surface area contributed by atoms with Gasteiger partial charge in [0.05, 0.1) is 0 Å². The molecule has 1 aliphatic rings. The Bertz CT molecular complexity index is 685. The van der Waals surface area contributed by atoms with Gasteiger partial charge in [-0.2, -0.15) is 0 Å². The second-order valence-electron chi connectivity index (χ2n) is 5.05. The summed E-state index contributed by atoms with van der Waals surface area (Å²) < 4.78 is 0. The van der Waals surface area contributed by atoms with Crippen LogP contribution in [0.15, 0.2) is 30.3 Å². The van der Waals surface area contributed by atoms with Crippen molar-refractivity contribution >= 4 is 17.6 Å². The maximum atomic E-state index is 11.1. The van der Waals surface area contributed by atoms with Crippen molar-refractivity contribution in [1.82, 2.24) is 9.97 Å². The predicted molar refractivity (Wildman–Crippen MR) is 75.5 cm³/mol. The van der Waals surface area contributed by atoms with E-state index in [-0.39, 0.29) is 11.7 Å². The fourth-order valence-corrected chi connectivity index (χ4v) is 2.64. The molecule has 1 atom stereocenters. The summed E-state index contributed by atoms with van der Waals surface area (Å²) in [6.07, 6.45) is 0.913. The van der Waals surface area contributed by atoms with Gasteiger partial charge in [-0.25, -0.2) is 14.8 Å². The highest BCUT2D eigenvalue weighted by atomic mass is 16.4. The van der Waals surface area contributed by atoms with Gasteiger partial charge in [0.25, 0.3) is 0 Å². The van der Waals surface area contributed by atoms with Crippen LogP contribution in [0.1, 0.15) is 28.7 Å². The smallest absolute Gasteiger partial charge is 0.354 e. The number of anilines is 2. The third-order valence-corrected chi connectivity index (χ3v) is 3.48.